The fourth-order valence-corrected chi connectivity index (χ4v) is 4.02. The predicted molar refractivity (Wildman–Crippen MR) is 101 cm³/mol. The number of benzene rings is 1. The van der Waals surface area contributed by atoms with Crippen molar-refractivity contribution in [2.24, 2.45) is 0 Å². The first-order chi connectivity index (χ1) is 13.1. The van der Waals surface area contributed by atoms with Gasteiger partial charge in [-0.25, -0.2) is 14.4 Å². The van der Waals surface area contributed by atoms with E-state index in [0.29, 0.717) is 0 Å². The zero-order valence-electron chi connectivity index (χ0n) is 15.5. The van der Waals surface area contributed by atoms with E-state index in [9.17, 15) is 9.18 Å². The molecule has 0 spiro atoms. The first-order valence-corrected chi connectivity index (χ1v) is 9.45. The number of amides is 1. The second kappa shape index (κ2) is 7.60. The fourth-order valence-electron chi connectivity index (χ4n) is 4.02. The number of piperazine rings is 1. The highest BCUT2D eigenvalue weighted by Crippen LogP contribution is 2.28. The molecule has 1 aromatic carbocycles. The van der Waals surface area contributed by atoms with Crippen LogP contribution in [0.3, 0.4) is 0 Å². The quantitative estimate of drug-likeness (QED) is 0.826. The van der Waals surface area contributed by atoms with Crippen molar-refractivity contribution in [1.29, 1.82) is 0 Å². The third-order valence-electron chi connectivity index (χ3n) is 5.62. The van der Waals surface area contributed by atoms with E-state index in [1.54, 1.807) is 24.5 Å². The summed E-state index contributed by atoms with van der Waals surface area (Å²) in [5.41, 5.74) is 0.969. The molecule has 3 heterocycles. The summed E-state index contributed by atoms with van der Waals surface area (Å²) < 4.78 is 13.2. The highest BCUT2D eigenvalue weighted by atomic mass is 19.1. The monoisotopic (exact) mass is 369 g/mol. The molecule has 142 valence electrons. The maximum Gasteiger partial charge on any atom is 0.240 e. The zero-order chi connectivity index (χ0) is 18.8. The minimum Gasteiger partial charge on any atom is -0.338 e. The van der Waals surface area contributed by atoms with Crippen molar-refractivity contribution in [3.8, 4) is 0 Å². The molecule has 2 fully saturated rings. The molecule has 1 amide bonds. The van der Waals surface area contributed by atoms with Crippen molar-refractivity contribution in [1.82, 2.24) is 19.8 Å². The van der Waals surface area contributed by atoms with Crippen LogP contribution in [0.1, 0.15) is 24.9 Å². The largest absolute Gasteiger partial charge is 0.338 e. The first-order valence-electron chi connectivity index (χ1n) is 9.45. The topological polar surface area (TPSA) is 52.6 Å². The summed E-state index contributed by atoms with van der Waals surface area (Å²) >= 11 is 0. The molecule has 2 atom stereocenters. The Kier molecular flexibility index (Phi) is 5.03. The molecule has 0 bridgehead atoms. The fraction of sp³-hybridized carbons (Fsp3) is 0.450. The zero-order valence-corrected chi connectivity index (χ0v) is 15.5. The van der Waals surface area contributed by atoms with Gasteiger partial charge in [-0.1, -0.05) is 12.1 Å². The number of nitrogens with zero attached hydrogens (tertiary/aromatic N) is 5. The normalized spacial score (nSPS) is 22.3. The molecule has 1 aromatic heterocycles. The maximum atomic E-state index is 13.2. The maximum absolute atomic E-state index is 13.2. The molecule has 0 unspecified atom stereocenters. The lowest BCUT2D eigenvalue weighted by Gasteiger charge is -2.37. The third kappa shape index (κ3) is 3.64. The summed E-state index contributed by atoms with van der Waals surface area (Å²) in [4.78, 5) is 28.0. The van der Waals surface area contributed by atoms with E-state index in [4.69, 9.17) is 0 Å². The van der Waals surface area contributed by atoms with E-state index in [1.807, 2.05) is 17.9 Å². The van der Waals surface area contributed by atoms with Gasteiger partial charge in [-0.2, -0.15) is 0 Å². The Morgan fingerprint density at radius 3 is 2.37 bits per heavy atom. The van der Waals surface area contributed by atoms with Crippen LogP contribution in [-0.2, 0) is 4.79 Å². The number of carbonyl (C=O) groups is 1. The Labute approximate surface area is 158 Å². The third-order valence-corrected chi connectivity index (χ3v) is 5.62. The average Bonchev–Trinajstić information content (AvgIpc) is 3.10. The Bertz CT molecular complexity index is 777. The van der Waals surface area contributed by atoms with Crippen LogP contribution in [0.2, 0.25) is 0 Å². The molecule has 7 heteroatoms. The molecule has 4 rings (SSSR count). The van der Waals surface area contributed by atoms with Gasteiger partial charge in [0.2, 0.25) is 11.9 Å². The van der Waals surface area contributed by atoms with Crippen LogP contribution in [0.15, 0.2) is 42.7 Å². The van der Waals surface area contributed by atoms with Crippen molar-refractivity contribution in [3.63, 3.8) is 0 Å². The van der Waals surface area contributed by atoms with Crippen molar-refractivity contribution in [3.05, 3.63) is 54.1 Å². The highest BCUT2D eigenvalue weighted by Gasteiger charge is 2.39. The Hall–Kier alpha value is -2.54. The average molecular weight is 369 g/mol. The van der Waals surface area contributed by atoms with Crippen molar-refractivity contribution in [2.75, 3.05) is 37.6 Å². The van der Waals surface area contributed by atoms with Crippen LogP contribution in [0.5, 0.6) is 0 Å². The molecular formula is C20H24FN5O. The van der Waals surface area contributed by atoms with Crippen LogP contribution in [0.25, 0.3) is 0 Å². The van der Waals surface area contributed by atoms with Crippen molar-refractivity contribution in [2.45, 2.75) is 25.4 Å². The summed E-state index contributed by atoms with van der Waals surface area (Å²) in [5, 5.41) is 0. The second-order valence-corrected chi connectivity index (χ2v) is 7.14. The summed E-state index contributed by atoms with van der Waals surface area (Å²) in [7, 11) is 0. The van der Waals surface area contributed by atoms with Crippen molar-refractivity contribution >= 4 is 11.9 Å². The Balaban J connectivity index is 1.37. The van der Waals surface area contributed by atoms with Gasteiger partial charge >= 0.3 is 0 Å². The molecule has 0 N–H and O–H groups in total. The minimum atomic E-state index is -0.253. The lowest BCUT2D eigenvalue weighted by molar-refractivity contribution is -0.134. The standard InChI is InChI=1S/C20H24FN5O/c1-15(16-3-5-17(21)6-4-16)26-10-7-18(19(26)27)24-11-13-25(14-12-24)20-22-8-2-9-23-20/h2-6,8-9,15,18H,7,10-14H2,1H3/t15-,18+/m0/s1. The second-order valence-electron chi connectivity index (χ2n) is 7.14. The van der Waals surface area contributed by atoms with Gasteiger partial charge < -0.3 is 9.80 Å². The number of halogens is 1. The molecule has 0 aliphatic carbocycles. The number of hydrogen-bond donors (Lipinski definition) is 0. The molecule has 2 saturated heterocycles. The Morgan fingerprint density at radius 1 is 1.04 bits per heavy atom. The first kappa shape index (κ1) is 17.9. The lowest BCUT2D eigenvalue weighted by atomic mass is 10.1. The minimum absolute atomic E-state index is 0.0397. The summed E-state index contributed by atoms with van der Waals surface area (Å²) in [6, 6.07) is 8.14. The van der Waals surface area contributed by atoms with Gasteiger partial charge in [0.15, 0.2) is 0 Å². The van der Waals surface area contributed by atoms with Crippen molar-refractivity contribution < 1.29 is 9.18 Å². The molecule has 2 aliphatic rings. The molecule has 6 nitrogen and oxygen atoms in total. The summed E-state index contributed by atoms with van der Waals surface area (Å²) in [5.74, 6) is 0.675. The molecule has 2 aromatic rings. The van der Waals surface area contributed by atoms with Crippen LogP contribution in [-0.4, -0.2) is 64.4 Å². The smallest absolute Gasteiger partial charge is 0.240 e. The van der Waals surface area contributed by atoms with Crippen LogP contribution in [0.4, 0.5) is 10.3 Å². The predicted octanol–water partition coefficient (Wildman–Crippen LogP) is 2.10. The number of hydrogen-bond acceptors (Lipinski definition) is 5. The van der Waals surface area contributed by atoms with Crippen LogP contribution in [0, 0.1) is 5.82 Å². The number of carbonyl (C=O) groups excluding carboxylic acids is 1. The molecule has 27 heavy (non-hydrogen) atoms. The van der Waals surface area contributed by atoms with Gasteiger partial charge in [-0.05, 0) is 37.1 Å². The van der Waals surface area contributed by atoms with Gasteiger partial charge in [0.05, 0.1) is 12.1 Å². The van der Waals surface area contributed by atoms with E-state index < -0.39 is 0 Å². The molecule has 0 saturated carbocycles. The van der Waals surface area contributed by atoms with E-state index in [0.717, 1.165) is 50.7 Å². The Morgan fingerprint density at radius 2 is 1.70 bits per heavy atom. The van der Waals surface area contributed by atoms with E-state index >= 15 is 0 Å². The summed E-state index contributed by atoms with van der Waals surface area (Å²) in [6.45, 7) is 6.05. The van der Waals surface area contributed by atoms with E-state index in [2.05, 4.69) is 19.8 Å². The molecule has 0 radical (unpaired) electrons. The van der Waals surface area contributed by atoms with Gasteiger partial charge in [-0.3, -0.25) is 9.69 Å². The highest BCUT2D eigenvalue weighted by molar-refractivity contribution is 5.84. The molecule has 2 aliphatic heterocycles. The van der Waals surface area contributed by atoms with Gasteiger partial charge in [0.25, 0.3) is 0 Å². The van der Waals surface area contributed by atoms with Crippen LogP contribution < -0.4 is 4.90 Å². The van der Waals surface area contributed by atoms with Crippen LogP contribution >= 0.6 is 0 Å². The SMILES string of the molecule is C[C@@H](c1ccc(F)cc1)N1CC[C@@H](N2CCN(c3ncccn3)CC2)C1=O. The van der Waals surface area contributed by atoms with E-state index in [1.165, 1.54) is 12.1 Å². The number of anilines is 1. The number of aromatic nitrogens is 2. The number of likely N-dealkylation sites (tertiary alicyclic amines) is 1. The van der Waals surface area contributed by atoms with Gasteiger partial charge in [0, 0.05) is 45.1 Å². The van der Waals surface area contributed by atoms with Gasteiger partial charge in [-0.15, -0.1) is 0 Å². The van der Waals surface area contributed by atoms with Gasteiger partial charge in [0.1, 0.15) is 5.82 Å². The summed E-state index contributed by atoms with van der Waals surface area (Å²) in [6.07, 6.45) is 4.35. The number of rotatable bonds is 4. The van der Waals surface area contributed by atoms with E-state index in [-0.39, 0.29) is 23.8 Å². The lowest BCUT2D eigenvalue weighted by Crippen LogP contribution is -2.53. The molecular weight excluding hydrogens is 345 g/mol.